The van der Waals surface area contributed by atoms with Gasteiger partial charge in [0.25, 0.3) is 15.6 Å². The number of benzene rings is 4. The van der Waals surface area contributed by atoms with Crippen molar-refractivity contribution in [3.8, 4) is 11.1 Å². The van der Waals surface area contributed by atoms with Crippen molar-refractivity contribution in [2.24, 2.45) is 7.05 Å². The van der Waals surface area contributed by atoms with Gasteiger partial charge >= 0.3 is 6.09 Å². The molecular formula is C59H69N7O8S. The minimum absolute atomic E-state index is 0.0449. The number of aryl methyl sites for hydroxylation is 2. The van der Waals surface area contributed by atoms with E-state index in [1.165, 1.54) is 10.8 Å². The summed E-state index contributed by atoms with van der Waals surface area (Å²) in [6.07, 6.45) is 10.5. The molecular weight excluding hydrogens is 967 g/mol. The molecule has 15 nitrogen and oxygen atoms in total. The van der Waals surface area contributed by atoms with Crippen LogP contribution in [-0.2, 0) is 41.6 Å². The molecule has 3 aliphatic heterocycles. The molecule has 4 aliphatic rings. The lowest BCUT2D eigenvalue weighted by Gasteiger charge is -2.45. The first-order valence-corrected chi connectivity index (χ1v) is 28.2. The van der Waals surface area contributed by atoms with Crippen LogP contribution in [0.3, 0.4) is 0 Å². The van der Waals surface area contributed by atoms with Gasteiger partial charge in [-0.1, -0.05) is 66.2 Å². The summed E-state index contributed by atoms with van der Waals surface area (Å²) >= 11 is 0. The number of nitrogens with one attached hydrogen (secondary N) is 1. The highest BCUT2D eigenvalue weighted by Gasteiger charge is 2.46. The molecule has 1 saturated carbocycles. The standard InChI is InChI=1S/C59H69N7O8S/c1-39-17-22-44(23-18-39)75(69,70)66-32-27-46-48(37-63(6)54(67)52(46)66)41-19-24-50-47(36-41)53(59(73-43-20-21-43,38-72-51-16-9-10-35-71-51)49-15-11-13-40-12-7-8-14-45(40)49)61-55(60-50)65-30-25-42(26-31-65)64-33-28-58(5,29-34-64)62-56(68)74-57(2,3)4/h7-8,11-15,17-19,22-24,27,32,36-37,42-43,51H,9-10,16,20-21,25-26,28-31,33-35,38H2,1-6H3,(H,62,68). The summed E-state index contributed by atoms with van der Waals surface area (Å²) in [4.78, 5) is 42.9. The second-order valence-corrected chi connectivity index (χ2v) is 24.3. The van der Waals surface area contributed by atoms with Crippen molar-refractivity contribution >= 4 is 54.6 Å². The highest BCUT2D eigenvalue weighted by molar-refractivity contribution is 7.90. The summed E-state index contributed by atoms with van der Waals surface area (Å²) in [5.74, 6) is 0.609. The SMILES string of the molecule is Cc1ccc(S(=O)(=O)n2ccc3c(-c4ccc5nc(N6CCC(N7CCC(C)(NC(=O)OC(C)(C)C)CC7)CC6)nc(C(COC6CCCCO6)(OC6CC6)c6cccc7ccccc67)c5c4)cn(C)c(=O)c32)cc1. The average molecular weight is 1040 g/mol. The number of carbonyl (C=O) groups is 1. The van der Waals surface area contributed by atoms with Crippen LogP contribution in [0.5, 0.6) is 0 Å². The van der Waals surface area contributed by atoms with Crippen LogP contribution in [0.1, 0.15) is 102 Å². The van der Waals surface area contributed by atoms with E-state index in [1.807, 2.05) is 45.9 Å². The number of amides is 1. The minimum atomic E-state index is -4.13. The van der Waals surface area contributed by atoms with Gasteiger partial charge < -0.3 is 38.6 Å². The van der Waals surface area contributed by atoms with E-state index in [9.17, 15) is 18.0 Å². The highest BCUT2D eigenvalue weighted by Crippen LogP contribution is 2.46. The maximum Gasteiger partial charge on any atom is 0.408 e. The molecule has 1 aliphatic carbocycles. The molecule has 75 heavy (non-hydrogen) atoms. The van der Waals surface area contributed by atoms with Gasteiger partial charge in [0.15, 0.2) is 11.9 Å². The largest absolute Gasteiger partial charge is 0.444 e. The van der Waals surface area contributed by atoms with E-state index in [1.54, 1.807) is 43.6 Å². The zero-order chi connectivity index (χ0) is 52.3. The van der Waals surface area contributed by atoms with Crippen LogP contribution in [0, 0.1) is 6.92 Å². The van der Waals surface area contributed by atoms with Gasteiger partial charge in [-0.25, -0.2) is 27.2 Å². The summed E-state index contributed by atoms with van der Waals surface area (Å²) in [5.41, 5.74) is 2.15. The van der Waals surface area contributed by atoms with Gasteiger partial charge in [0, 0.05) is 85.7 Å². The number of anilines is 1. The Hall–Kier alpha value is -6.17. The van der Waals surface area contributed by atoms with Gasteiger partial charge in [0.05, 0.1) is 28.8 Å². The number of alkyl carbamates (subject to hydrolysis) is 1. The highest BCUT2D eigenvalue weighted by atomic mass is 32.2. The van der Waals surface area contributed by atoms with Crippen LogP contribution >= 0.6 is 0 Å². The molecule has 1 amide bonds. The molecule has 7 aromatic rings. The zero-order valence-corrected chi connectivity index (χ0v) is 44.8. The van der Waals surface area contributed by atoms with Gasteiger partial charge in [-0.15, -0.1) is 0 Å². The van der Waals surface area contributed by atoms with Crippen LogP contribution in [0.2, 0.25) is 0 Å². The molecule has 6 heterocycles. The molecule has 4 fully saturated rings. The van der Waals surface area contributed by atoms with Crippen molar-refractivity contribution < 1.29 is 32.2 Å². The molecule has 0 spiro atoms. The number of aromatic nitrogens is 4. The number of nitrogens with zero attached hydrogens (tertiary/aromatic N) is 6. The number of hydrogen-bond acceptors (Lipinski definition) is 12. The summed E-state index contributed by atoms with van der Waals surface area (Å²) in [6.45, 7) is 13.7. The average Bonchev–Trinajstić information content (AvgIpc) is 4.14. The number of piperidine rings is 2. The molecule has 11 rings (SSSR count). The number of likely N-dealkylation sites (tertiary alicyclic amines) is 1. The van der Waals surface area contributed by atoms with Crippen molar-refractivity contribution in [2.75, 3.05) is 44.3 Å². The Morgan fingerprint density at radius 1 is 0.853 bits per heavy atom. The fraction of sp³-hybridized carbons (Fsp3) is 0.458. The van der Waals surface area contributed by atoms with E-state index in [4.69, 9.17) is 28.9 Å². The third-order valence-electron chi connectivity index (χ3n) is 15.6. The quantitative estimate of drug-likeness (QED) is 0.117. The van der Waals surface area contributed by atoms with Crippen LogP contribution in [0.25, 0.3) is 43.7 Å². The van der Waals surface area contributed by atoms with E-state index >= 15 is 0 Å². The molecule has 1 N–H and O–H groups in total. The lowest BCUT2D eigenvalue weighted by atomic mass is 9.84. The number of hydrogen-bond donors (Lipinski definition) is 1. The zero-order valence-electron chi connectivity index (χ0n) is 44.0. The van der Waals surface area contributed by atoms with E-state index in [0.717, 1.165) is 121 Å². The normalized spacial score (nSPS) is 19.9. The van der Waals surface area contributed by atoms with E-state index < -0.39 is 33.1 Å². The van der Waals surface area contributed by atoms with Gasteiger partial charge in [-0.05, 0) is 139 Å². The number of ether oxygens (including phenoxy) is 4. The fourth-order valence-corrected chi connectivity index (χ4v) is 12.7. The lowest BCUT2D eigenvalue weighted by Crippen LogP contribution is -2.57. The molecule has 0 bridgehead atoms. The predicted molar refractivity (Wildman–Crippen MR) is 292 cm³/mol. The first kappa shape index (κ1) is 51.0. The molecule has 2 unspecified atom stereocenters. The second-order valence-electron chi connectivity index (χ2n) is 22.5. The van der Waals surface area contributed by atoms with Crippen molar-refractivity contribution in [3.05, 3.63) is 131 Å². The summed E-state index contributed by atoms with van der Waals surface area (Å²) in [5, 5.41) is 6.49. The fourth-order valence-electron chi connectivity index (χ4n) is 11.3. The summed E-state index contributed by atoms with van der Waals surface area (Å²) in [7, 11) is -2.48. The predicted octanol–water partition coefficient (Wildman–Crippen LogP) is 9.96. The van der Waals surface area contributed by atoms with Crippen molar-refractivity contribution in [3.63, 3.8) is 0 Å². The maximum absolute atomic E-state index is 14.3. The first-order chi connectivity index (χ1) is 36.0. The van der Waals surface area contributed by atoms with Crippen molar-refractivity contribution in [1.82, 2.24) is 28.7 Å². The van der Waals surface area contributed by atoms with Gasteiger partial charge in [0.2, 0.25) is 5.95 Å². The molecule has 2 atom stereocenters. The van der Waals surface area contributed by atoms with Crippen LogP contribution < -0.4 is 15.8 Å². The number of fused-ring (bicyclic) bond motifs is 3. The summed E-state index contributed by atoms with van der Waals surface area (Å²) < 4.78 is 57.4. The van der Waals surface area contributed by atoms with Gasteiger partial charge in [-0.3, -0.25) is 4.79 Å². The molecule has 0 radical (unpaired) electrons. The van der Waals surface area contributed by atoms with E-state index in [0.29, 0.717) is 40.8 Å². The van der Waals surface area contributed by atoms with Crippen LogP contribution in [0.4, 0.5) is 10.7 Å². The van der Waals surface area contributed by atoms with Gasteiger partial charge in [-0.2, -0.15) is 0 Å². The molecule has 394 valence electrons. The van der Waals surface area contributed by atoms with E-state index in [2.05, 4.69) is 64.5 Å². The van der Waals surface area contributed by atoms with E-state index in [-0.39, 0.29) is 34.8 Å². The van der Waals surface area contributed by atoms with Crippen molar-refractivity contribution in [1.29, 1.82) is 0 Å². The Bertz CT molecular complexity index is 3430. The lowest BCUT2D eigenvalue weighted by molar-refractivity contribution is -0.197. The third-order valence-corrected chi connectivity index (χ3v) is 17.3. The smallest absolute Gasteiger partial charge is 0.408 e. The monoisotopic (exact) mass is 1040 g/mol. The molecule has 3 saturated heterocycles. The Kier molecular flexibility index (Phi) is 13.6. The molecule has 4 aromatic carbocycles. The number of carbonyl (C=O) groups excluding carboxylic acids is 1. The second kappa shape index (κ2) is 20.1. The maximum atomic E-state index is 14.3. The number of rotatable bonds is 13. The van der Waals surface area contributed by atoms with Crippen LogP contribution in [-0.4, -0.2) is 107 Å². The van der Waals surface area contributed by atoms with Crippen LogP contribution in [0.15, 0.2) is 113 Å². The first-order valence-electron chi connectivity index (χ1n) is 26.7. The topological polar surface area (TPSA) is 159 Å². The molecule has 3 aromatic heterocycles. The Labute approximate surface area is 439 Å². The van der Waals surface area contributed by atoms with Crippen molar-refractivity contribution in [2.45, 2.75) is 132 Å². The Morgan fingerprint density at radius 3 is 2.32 bits per heavy atom. The molecule has 16 heteroatoms. The van der Waals surface area contributed by atoms with Gasteiger partial charge in [0.1, 0.15) is 11.1 Å². The summed E-state index contributed by atoms with van der Waals surface area (Å²) in [6, 6.07) is 29.5. The Morgan fingerprint density at radius 2 is 1.60 bits per heavy atom. The minimum Gasteiger partial charge on any atom is -0.444 e. The number of pyridine rings is 1. The Balaban J connectivity index is 1.02. The third kappa shape index (κ3) is 10.3.